The Morgan fingerprint density at radius 1 is 0.517 bits per heavy atom. The van der Waals surface area contributed by atoms with Crippen molar-refractivity contribution in [3.8, 4) is 0 Å². The minimum Gasteiger partial charge on any atom is -0.461 e. The maximum absolute atomic E-state index is 13.1. The number of rotatable bonds is 40. The molecule has 60 heavy (non-hydrogen) atoms. The number of ether oxygens (including phenoxy) is 1. The van der Waals surface area contributed by atoms with Gasteiger partial charge in [0.1, 0.15) is 6.10 Å². The lowest BCUT2D eigenvalue weighted by molar-refractivity contribution is -0.150. The highest BCUT2D eigenvalue weighted by molar-refractivity contribution is 5.77. The van der Waals surface area contributed by atoms with Gasteiger partial charge in [-0.3, -0.25) is 9.59 Å². The Bertz CT molecular complexity index is 1300. The van der Waals surface area contributed by atoms with E-state index < -0.39 is 18.2 Å². The zero-order chi connectivity index (χ0) is 43.8. The molecule has 0 spiro atoms. The third-order valence-electron chi connectivity index (χ3n) is 9.80. The predicted molar refractivity (Wildman–Crippen MR) is 259 cm³/mol. The summed E-state index contributed by atoms with van der Waals surface area (Å²) in [5, 5.41) is 23.6. The molecule has 0 saturated heterocycles. The predicted octanol–water partition coefficient (Wildman–Crippen LogP) is 14.1. The van der Waals surface area contributed by atoms with Crippen molar-refractivity contribution in [3.63, 3.8) is 0 Å². The van der Waals surface area contributed by atoms with Crippen molar-refractivity contribution in [1.29, 1.82) is 0 Å². The summed E-state index contributed by atoms with van der Waals surface area (Å²) in [5.41, 5.74) is 0. The fourth-order valence-corrected chi connectivity index (χ4v) is 6.26. The highest BCUT2D eigenvalue weighted by Crippen LogP contribution is 2.14. The first-order valence-corrected chi connectivity index (χ1v) is 23.8. The molecule has 0 rings (SSSR count). The van der Waals surface area contributed by atoms with Gasteiger partial charge in [-0.05, 0) is 77.0 Å². The van der Waals surface area contributed by atoms with Gasteiger partial charge in [0.2, 0.25) is 5.91 Å². The zero-order valence-electron chi connectivity index (χ0n) is 38.3. The normalized spacial score (nSPS) is 14.4. The number of amides is 1. The van der Waals surface area contributed by atoms with Gasteiger partial charge >= 0.3 is 5.97 Å². The Balaban J connectivity index is 4.90. The van der Waals surface area contributed by atoms with Crippen LogP contribution in [-0.4, -0.2) is 46.9 Å². The number of allylic oxidation sites excluding steroid dienone is 19. The fourth-order valence-electron chi connectivity index (χ4n) is 6.26. The molecule has 0 saturated carbocycles. The second-order valence-electron chi connectivity index (χ2n) is 15.4. The molecule has 0 aliphatic heterocycles. The summed E-state index contributed by atoms with van der Waals surface area (Å²) in [5.74, 6) is -0.695. The van der Waals surface area contributed by atoms with Crippen LogP contribution in [0.4, 0.5) is 0 Å². The van der Waals surface area contributed by atoms with Crippen LogP contribution in [0.5, 0.6) is 0 Å². The van der Waals surface area contributed by atoms with E-state index in [-0.39, 0.29) is 31.3 Å². The van der Waals surface area contributed by atoms with Crippen LogP contribution in [0.3, 0.4) is 0 Å². The number of hydrogen-bond acceptors (Lipinski definition) is 5. The second-order valence-corrected chi connectivity index (χ2v) is 15.4. The lowest BCUT2D eigenvalue weighted by Crippen LogP contribution is -2.46. The van der Waals surface area contributed by atoms with Gasteiger partial charge in [0, 0.05) is 12.8 Å². The van der Waals surface area contributed by atoms with E-state index in [0.717, 1.165) is 83.5 Å². The monoisotopic (exact) mass is 830 g/mol. The van der Waals surface area contributed by atoms with Gasteiger partial charge in [-0.1, -0.05) is 206 Å². The zero-order valence-corrected chi connectivity index (χ0v) is 38.3. The molecule has 338 valence electrons. The van der Waals surface area contributed by atoms with Crippen molar-refractivity contribution in [1.82, 2.24) is 5.32 Å². The molecule has 0 bridgehead atoms. The van der Waals surface area contributed by atoms with Crippen LogP contribution >= 0.6 is 0 Å². The Morgan fingerprint density at radius 3 is 1.32 bits per heavy atom. The highest BCUT2D eigenvalue weighted by atomic mass is 16.5. The van der Waals surface area contributed by atoms with Crippen LogP contribution in [0.15, 0.2) is 122 Å². The molecule has 0 aromatic heterocycles. The van der Waals surface area contributed by atoms with Gasteiger partial charge in [0.25, 0.3) is 0 Å². The first kappa shape index (κ1) is 56.3. The van der Waals surface area contributed by atoms with Gasteiger partial charge in [-0.15, -0.1) is 0 Å². The van der Waals surface area contributed by atoms with Crippen LogP contribution < -0.4 is 5.32 Å². The van der Waals surface area contributed by atoms with Crippen LogP contribution in [0.2, 0.25) is 0 Å². The lowest BCUT2D eigenvalue weighted by atomic mass is 10.0. The molecule has 3 unspecified atom stereocenters. The molecule has 6 heteroatoms. The molecule has 0 radical (unpaired) electrons. The average molecular weight is 830 g/mol. The maximum Gasteiger partial charge on any atom is 0.306 e. The third kappa shape index (κ3) is 41.0. The Hall–Kier alpha value is -3.74. The van der Waals surface area contributed by atoms with E-state index >= 15 is 0 Å². The van der Waals surface area contributed by atoms with Crippen molar-refractivity contribution in [2.24, 2.45) is 0 Å². The van der Waals surface area contributed by atoms with Gasteiger partial charge in [0.15, 0.2) is 0 Å². The minimum absolute atomic E-state index is 0.0385. The molecule has 1 amide bonds. The number of aliphatic hydroxyl groups is 2. The summed E-state index contributed by atoms with van der Waals surface area (Å²) < 4.78 is 5.80. The van der Waals surface area contributed by atoms with Crippen molar-refractivity contribution < 1.29 is 24.5 Å². The molecule has 0 aromatic rings. The summed E-state index contributed by atoms with van der Waals surface area (Å²) in [6.45, 7) is 6.17. The molecule has 0 fully saturated rings. The number of esters is 1. The molecule has 0 aliphatic rings. The number of hydrogen-bond donors (Lipinski definition) is 3. The van der Waals surface area contributed by atoms with E-state index in [2.05, 4.69) is 129 Å². The SMILES string of the molecule is CC/C=C\C/C=C\C/C=C\C/C=C\C/C=C\CC(CC(=O)NC(CO)C(O)CCCCCCCCCCCC)OC(=O)CC/C=C/C/C=C/C/C=C/C/C=C/C/C=C/CC. The van der Waals surface area contributed by atoms with Gasteiger partial charge < -0.3 is 20.3 Å². The molecular formula is C54H87NO5. The second kappa shape index (κ2) is 46.3. The van der Waals surface area contributed by atoms with E-state index in [1.807, 2.05) is 18.2 Å². The highest BCUT2D eigenvalue weighted by Gasteiger charge is 2.23. The van der Waals surface area contributed by atoms with Crippen LogP contribution in [0, 0.1) is 0 Å². The Kier molecular flexibility index (Phi) is 43.4. The van der Waals surface area contributed by atoms with Gasteiger partial charge in [-0.25, -0.2) is 0 Å². The van der Waals surface area contributed by atoms with E-state index in [1.54, 1.807) is 0 Å². The number of carbonyl (C=O) groups is 2. The van der Waals surface area contributed by atoms with Gasteiger partial charge in [-0.2, -0.15) is 0 Å². The van der Waals surface area contributed by atoms with Crippen LogP contribution in [0.1, 0.15) is 181 Å². The van der Waals surface area contributed by atoms with E-state index in [1.165, 1.54) is 44.9 Å². The largest absolute Gasteiger partial charge is 0.461 e. The van der Waals surface area contributed by atoms with Crippen LogP contribution in [0.25, 0.3) is 0 Å². The summed E-state index contributed by atoms with van der Waals surface area (Å²) in [7, 11) is 0. The number of nitrogens with one attached hydrogen (secondary N) is 1. The van der Waals surface area contributed by atoms with Crippen molar-refractivity contribution in [3.05, 3.63) is 122 Å². The number of unbranched alkanes of at least 4 members (excludes halogenated alkanes) is 9. The smallest absolute Gasteiger partial charge is 0.306 e. The summed E-state index contributed by atoms with van der Waals surface area (Å²) in [6, 6.07) is -0.753. The van der Waals surface area contributed by atoms with Crippen molar-refractivity contribution in [2.45, 2.75) is 200 Å². The van der Waals surface area contributed by atoms with E-state index in [4.69, 9.17) is 4.74 Å². The summed E-state index contributed by atoms with van der Waals surface area (Å²) in [4.78, 5) is 26.0. The maximum atomic E-state index is 13.1. The minimum atomic E-state index is -0.830. The first-order chi connectivity index (χ1) is 29.5. The Labute approximate surface area is 368 Å². The van der Waals surface area contributed by atoms with E-state index in [0.29, 0.717) is 19.3 Å². The number of carbonyl (C=O) groups excluding carboxylic acids is 2. The van der Waals surface area contributed by atoms with Crippen LogP contribution in [-0.2, 0) is 14.3 Å². The first-order valence-electron chi connectivity index (χ1n) is 23.8. The summed E-state index contributed by atoms with van der Waals surface area (Å²) >= 11 is 0. The van der Waals surface area contributed by atoms with Gasteiger partial charge in [0.05, 0.1) is 25.2 Å². The average Bonchev–Trinajstić information content (AvgIpc) is 3.24. The molecule has 0 heterocycles. The Morgan fingerprint density at radius 2 is 0.900 bits per heavy atom. The molecule has 0 aliphatic carbocycles. The molecule has 0 aromatic carbocycles. The summed E-state index contributed by atoms with van der Waals surface area (Å²) in [6.07, 6.45) is 64.2. The molecular weight excluding hydrogens is 743 g/mol. The lowest BCUT2D eigenvalue weighted by Gasteiger charge is -2.24. The molecule has 6 nitrogen and oxygen atoms in total. The van der Waals surface area contributed by atoms with Crippen molar-refractivity contribution in [2.75, 3.05) is 6.61 Å². The molecule has 3 atom stereocenters. The van der Waals surface area contributed by atoms with Crippen molar-refractivity contribution >= 4 is 11.9 Å². The third-order valence-corrected chi connectivity index (χ3v) is 9.80. The number of aliphatic hydroxyl groups excluding tert-OH is 2. The fraction of sp³-hybridized carbons (Fsp3) is 0.593. The quantitative estimate of drug-likeness (QED) is 0.0325. The molecule has 3 N–H and O–H groups in total. The standard InChI is InChI=1S/C54H87NO5/c1-4-7-10-13-16-19-22-24-26-28-30-32-35-38-41-44-47-54(59)60-50(45-42-39-36-33-31-29-27-25-23-20-17-14-11-8-5-2)48-53(58)55-51(49-56)52(57)46-43-40-37-34-21-18-15-12-9-6-3/h7-8,10-11,16-17,19-20,24-27,30-33,38-39,41-42,50-52,56-57H,4-6,9,12-15,18,21-23,28-29,34-37,40,43-49H2,1-3H3,(H,55,58)/b10-7+,11-8-,19-16+,20-17-,26-24+,27-25-,32-30+,33-31-,41-38+,42-39-. The van der Waals surface area contributed by atoms with E-state index in [9.17, 15) is 19.8 Å². The topological polar surface area (TPSA) is 95.9 Å².